The molecule has 0 aliphatic carbocycles. The van der Waals surface area contributed by atoms with Crippen LogP contribution in [0.5, 0.6) is 0 Å². The zero-order chi connectivity index (χ0) is 11.4. The van der Waals surface area contributed by atoms with Gasteiger partial charge in [-0.2, -0.15) is 0 Å². The molecule has 0 fully saturated rings. The SMILES string of the molecule is ON=Cc1ccc(C(O)c2ccccc2)o1. The van der Waals surface area contributed by atoms with Gasteiger partial charge in [-0.05, 0) is 17.7 Å². The Bertz CT molecular complexity index is 476. The molecule has 2 rings (SSSR count). The van der Waals surface area contributed by atoms with Crippen LogP contribution in [0.2, 0.25) is 0 Å². The first-order valence-electron chi connectivity index (χ1n) is 4.81. The van der Waals surface area contributed by atoms with E-state index in [1.807, 2.05) is 30.3 Å². The molecule has 0 saturated carbocycles. The molecule has 1 aromatic carbocycles. The summed E-state index contributed by atoms with van der Waals surface area (Å²) in [6.07, 6.45) is 0.364. The lowest BCUT2D eigenvalue weighted by Gasteiger charge is -2.06. The van der Waals surface area contributed by atoms with Crippen molar-refractivity contribution < 1.29 is 14.7 Å². The molecule has 0 spiro atoms. The van der Waals surface area contributed by atoms with E-state index in [0.29, 0.717) is 11.5 Å². The second-order valence-corrected chi connectivity index (χ2v) is 3.30. The van der Waals surface area contributed by atoms with Crippen LogP contribution in [0, 0.1) is 0 Å². The molecule has 82 valence electrons. The van der Waals surface area contributed by atoms with Crippen molar-refractivity contribution in [2.45, 2.75) is 6.10 Å². The van der Waals surface area contributed by atoms with Gasteiger partial charge in [0.1, 0.15) is 23.8 Å². The summed E-state index contributed by atoms with van der Waals surface area (Å²) in [5.74, 6) is 0.814. The minimum Gasteiger partial charge on any atom is -0.457 e. The maximum Gasteiger partial charge on any atom is 0.148 e. The molecule has 1 unspecified atom stereocenters. The lowest BCUT2D eigenvalue weighted by atomic mass is 10.1. The van der Waals surface area contributed by atoms with E-state index in [9.17, 15) is 5.11 Å². The third kappa shape index (κ3) is 2.12. The van der Waals surface area contributed by atoms with Crippen molar-refractivity contribution in [1.29, 1.82) is 0 Å². The van der Waals surface area contributed by atoms with Gasteiger partial charge in [-0.25, -0.2) is 0 Å². The first-order chi connectivity index (χ1) is 7.81. The Morgan fingerprint density at radius 2 is 1.88 bits per heavy atom. The number of furan rings is 1. The second-order valence-electron chi connectivity index (χ2n) is 3.30. The molecule has 2 N–H and O–H groups in total. The van der Waals surface area contributed by atoms with Crippen LogP contribution in [0.3, 0.4) is 0 Å². The molecule has 0 saturated heterocycles. The van der Waals surface area contributed by atoms with Gasteiger partial charge in [0.15, 0.2) is 0 Å². The predicted molar refractivity (Wildman–Crippen MR) is 58.6 cm³/mol. The fourth-order valence-corrected chi connectivity index (χ4v) is 1.44. The smallest absolute Gasteiger partial charge is 0.148 e. The third-order valence-corrected chi connectivity index (χ3v) is 2.22. The molecule has 1 heterocycles. The fourth-order valence-electron chi connectivity index (χ4n) is 1.44. The Balaban J connectivity index is 2.24. The third-order valence-electron chi connectivity index (χ3n) is 2.22. The number of aliphatic hydroxyl groups is 1. The lowest BCUT2D eigenvalue weighted by Crippen LogP contribution is -1.97. The molecule has 16 heavy (non-hydrogen) atoms. The molecule has 1 aromatic heterocycles. The summed E-state index contributed by atoms with van der Waals surface area (Å²) in [5.41, 5.74) is 0.754. The Kier molecular flexibility index (Phi) is 3.03. The van der Waals surface area contributed by atoms with E-state index in [2.05, 4.69) is 5.16 Å². The number of oxime groups is 1. The van der Waals surface area contributed by atoms with Crippen LogP contribution in [0.1, 0.15) is 23.2 Å². The van der Waals surface area contributed by atoms with Gasteiger partial charge in [0.05, 0.1) is 0 Å². The normalized spacial score (nSPS) is 13.1. The molecule has 0 aliphatic rings. The first-order valence-corrected chi connectivity index (χ1v) is 4.81. The van der Waals surface area contributed by atoms with Gasteiger partial charge in [0, 0.05) is 0 Å². The summed E-state index contributed by atoms with van der Waals surface area (Å²) in [6.45, 7) is 0. The van der Waals surface area contributed by atoms with Gasteiger partial charge < -0.3 is 14.7 Å². The first kappa shape index (κ1) is 10.4. The monoisotopic (exact) mass is 217 g/mol. The molecule has 4 heteroatoms. The van der Waals surface area contributed by atoms with Crippen LogP contribution in [0.25, 0.3) is 0 Å². The Labute approximate surface area is 92.5 Å². The minimum atomic E-state index is -0.804. The van der Waals surface area contributed by atoms with Crippen molar-refractivity contribution in [2.75, 3.05) is 0 Å². The Hall–Kier alpha value is -2.07. The van der Waals surface area contributed by atoms with Gasteiger partial charge in [-0.1, -0.05) is 35.5 Å². The van der Waals surface area contributed by atoms with Crippen molar-refractivity contribution in [1.82, 2.24) is 0 Å². The van der Waals surface area contributed by atoms with Crippen LogP contribution >= 0.6 is 0 Å². The van der Waals surface area contributed by atoms with Gasteiger partial charge >= 0.3 is 0 Å². The zero-order valence-corrected chi connectivity index (χ0v) is 8.45. The Morgan fingerprint density at radius 3 is 2.56 bits per heavy atom. The molecule has 1 atom stereocenters. The maximum atomic E-state index is 9.97. The lowest BCUT2D eigenvalue weighted by molar-refractivity contribution is 0.189. The van der Waals surface area contributed by atoms with Gasteiger partial charge in [0.2, 0.25) is 0 Å². The standard InChI is InChI=1S/C12H11NO3/c14-12(9-4-2-1-3-5-9)11-7-6-10(16-11)8-13-15/h1-8,12,14-15H. The minimum absolute atomic E-state index is 0.396. The van der Waals surface area contributed by atoms with Gasteiger partial charge in [-0.3, -0.25) is 0 Å². The molecule has 0 radical (unpaired) electrons. The largest absolute Gasteiger partial charge is 0.457 e. The molecular formula is C12H11NO3. The van der Waals surface area contributed by atoms with Gasteiger partial charge in [0.25, 0.3) is 0 Å². The topological polar surface area (TPSA) is 66.0 Å². The summed E-state index contributed by atoms with van der Waals surface area (Å²) < 4.78 is 5.28. The summed E-state index contributed by atoms with van der Waals surface area (Å²) >= 11 is 0. The highest BCUT2D eigenvalue weighted by Gasteiger charge is 2.13. The number of nitrogens with zero attached hydrogens (tertiary/aromatic N) is 1. The van der Waals surface area contributed by atoms with E-state index in [1.54, 1.807) is 12.1 Å². The number of aliphatic hydroxyl groups excluding tert-OH is 1. The second kappa shape index (κ2) is 4.63. The van der Waals surface area contributed by atoms with Gasteiger partial charge in [-0.15, -0.1) is 0 Å². The van der Waals surface area contributed by atoms with Crippen LogP contribution in [-0.4, -0.2) is 16.5 Å². The van der Waals surface area contributed by atoms with E-state index < -0.39 is 6.10 Å². The highest BCUT2D eigenvalue weighted by molar-refractivity contribution is 5.75. The summed E-state index contributed by atoms with van der Waals surface area (Å²) in [4.78, 5) is 0. The average molecular weight is 217 g/mol. The predicted octanol–water partition coefficient (Wildman–Crippen LogP) is 2.17. The van der Waals surface area contributed by atoms with Crippen LogP contribution in [0.15, 0.2) is 52.0 Å². The van der Waals surface area contributed by atoms with Crippen LogP contribution < -0.4 is 0 Å². The highest BCUT2D eigenvalue weighted by atomic mass is 16.4. The molecule has 0 bridgehead atoms. The molecule has 0 aliphatic heterocycles. The average Bonchev–Trinajstić information content (AvgIpc) is 2.78. The summed E-state index contributed by atoms with van der Waals surface area (Å²) in [5, 5.41) is 21.2. The van der Waals surface area contributed by atoms with Crippen molar-refractivity contribution in [2.24, 2.45) is 5.16 Å². The summed E-state index contributed by atoms with van der Waals surface area (Å²) in [7, 11) is 0. The van der Waals surface area contributed by atoms with E-state index in [4.69, 9.17) is 9.62 Å². The molecule has 2 aromatic rings. The highest BCUT2D eigenvalue weighted by Crippen LogP contribution is 2.22. The number of benzene rings is 1. The van der Waals surface area contributed by atoms with Crippen molar-refractivity contribution in [3.63, 3.8) is 0 Å². The van der Waals surface area contributed by atoms with E-state index >= 15 is 0 Å². The molecular weight excluding hydrogens is 206 g/mol. The number of hydrogen-bond acceptors (Lipinski definition) is 4. The van der Waals surface area contributed by atoms with Crippen LogP contribution in [0.4, 0.5) is 0 Å². The Morgan fingerprint density at radius 1 is 1.12 bits per heavy atom. The van der Waals surface area contributed by atoms with Crippen LogP contribution in [-0.2, 0) is 0 Å². The van der Waals surface area contributed by atoms with Crippen molar-refractivity contribution in [3.8, 4) is 0 Å². The fraction of sp³-hybridized carbons (Fsp3) is 0.0833. The van der Waals surface area contributed by atoms with E-state index in [1.165, 1.54) is 6.21 Å². The molecule has 0 amide bonds. The van der Waals surface area contributed by atoms with Crippen molar-refractivity contribution in [3.05, 3.63) is 59.5 Å². The van der Waals surface area contributed by atoms with E-state index in [-0.39, 0.29) is 0 Å². The zero-order valence-electron chi connectivity index (χ0n) is 8.45. The van der Waals surface area contributed by atoms with E-state index in [0.717, 1.165) is 5.56 Å². The van der Waals surface area contributed by atoms with Crippen molar-refractivity contribution >= 4 is 6.21 Å². The number of hydrogen-bond donors (Lipinski definition) is 2. The summed E-state index contributed by atoms with van der Waals surface area (Å²) in [6, 6.07) is 12.5. The maximum absolute atomic E-state index is 9.97. The molecule has 4 nitrogen and oxygen atoms in total. The number of rotatable bonds is 3. The quantitative estimate of drug-likeness (QED) is 0.470.